The van der Waals surface area contributed by atoms with Crippen LogP contribution in [-0.4, -0.2) is 29.8 Å². The number of hydrogen-bond acceptors (Lipinski definition) is 3. The van der Waals surface area contributed by atoms with E-state index in [0.717, 1.165) is 17.2 Å². The number of likely N-dealkylation sites (tertiary alicyclic amines) is 1. The van der Waals surface area contributed by atoms with Crippen LogP contribution in [0.3, 0.4) is 0 Å². The van der Waals surface area contributed by atoms with Gasteiger partial charge in [-0.15, -0.1) is 0 Å². The molecule has 0 unspecified atom stereocenters. The third-order valence-electron chi connectivity index (χ3n) is 4.62. The number of benzene rings is 2. The van der Waals surface area contributed by atoms with Gasteiger partial charge in [-0.2, -0.15) is 0 Å². The van der Waals surface area contributed by atoms with E-state index in [-0.39, 0.29) is 17.7 Å². The van der Waals surface area contributed by atoms with E-state index in [4.69, 9.17) is 4.74 Å². The van der Waals surface area contributed by atoms with Crippen LogP contribution in [-0.2, 0) is 9.59 Å². The molecule has 0 radical (unpaired) electrons. The predicted octanol–water partition coefficient (Wildman–Crippen LogP) is 4.07. The van der Waals surface area contributed by atoms with Crippen molar-refractivity contribution in [3.63, 3.8) is 0 Å². The molecule has 1 saturated heterocycles. The van der Waals surface area contributed by atoms with Crippen molar-refractivity contribution in [1.29, 1.82) is 0 Å². The van der Waals surface area contributed by atoms with Gasteiger partial charge in [0.1, 0.15) is 11.5 Å². The van der Waals surface area contributed by atoms with Crippen molar-refractivity contribution in [2.45, 2.75) is 26.2 Å². The van der Waals surface area contributed by atoms with Gasteiger partial charge in [0.05, 0.1) is 0 Å². The van der Waals surface area contributed by atoms with Gasteiger partial charge in [-0.3, -0.25) is 9.59 Å². The molecule has 1 aliphatic heterocycles. The average Bonchev–Trinajstić information content (AvgIpc) is 2.70. The van der Waals surface area contributed by atoms with Crippen molar-refractivity contribution >= 4 is 17.5 Å². The van der Waals surface area contributed by atoms with Crippen molar-refractivity contribution in [2.24, 2.45) is 5.92 Å². The summed E-state index contributed by atoms with van der Waals surface area (Å²) in [5, 5.41) is 2.96. The fraction of sp³-hybridized carbons (Fsp3) is 0.333. The summed E-state index contributed by atoms with van der Waals surface area (Å²) < 4.78 is 5.75. The summed E-state index contributed by atoms with van der Waals surface area (Å²) in [6, 6.07) is 16.9. The van der Waals surface area contributed by atoms with Crippen LogP contribution in [0.4, 0.5) is 5.69 Å². The summed E-state index contributed by atoms with van der Waals surface area (Å²) in [6.07, 6.45) is 1.95. The maximum Gasteiger partial charge on any atom is 0.227 e. The standard InChI is InChI=1S/C21H24N2O3/c1-2-20(24)23-14-12-16(13-15-23)21(25)22-17-8-10-19(11-9-17)26-18-6-4-3-5-7-18/h3-11,16H,2,12-15H2,1H3,(H,22,25). The molecule has 0 aromatic heterocycles. The Morgan fingerprint density at radius 3 is 2.23 bits per heavy atom. The minimum atomic E-state index is -0.0452. The van der Waals surface area contributed by atoms with E-state index >= 15 is 0 Å². The molecule has 136 valence electrons. The summed E-state index contributed by atoms with van der Waals surface area (Å²) in [4.78, 5) is 26.0. The lowest BCUT2D eigenvalue weighted by molar-refractivity contribution is -0.134. The molecule has 3 rings (SSSR count). The summed E-state index contributed by atoms with van der Waals surface area (Å²) in [5.74, 6) is 1.64. The molecule has 0 spiro atoms. The number of carbonyl (C=O) groups excluding carboxylic acids is 2. The van der Waals surface area contributed by atoms with Crippen LogP contribution in [0.15, 0.2) is 54.6 Å². The molecule has 0 bridgehead atoms. The van der Waals surface area contributed by atoms with Gasteiger partial charge in [0, 0.05) is 31.1 Å². The highest BCUT2D eigenvalue weighted by molar-refractivity contribution is 5.92. The molecule has 5 nitrogen and oxygen atoms in total. The summed E-state index contributed by atoms with van der Waals surface area (Å²) in [7, 11) is 0. The summed E-state index contributed by atoms with van der Waals surface area (Å²) in [5.41, 5.74) is 0.752. The molecule has 0 saturated carbocycles. The smallest absolute Gasteiger partial charge is 0.227 e. The van der Waals surface area contributed by atoms with Crippen molar-refractivity contribution < 1.29 is 14.3 Å². The Balaban J connectivity index is 1.51. The molecule has 1 fully saturated rings. The lowest BCUT2D eigenvalue weighted by Crippen LogP contribution is -2.41. The van der Waals surface area contributed by atoms with Gasteiger partial charge in [0.15, 0.2) is 0 Å². The number of rotatable bonds is 5. The van der Waals surface area contributed by atoms with Crippen LogP contribution in [0.2, 0.25) is 0 Å². The monoisotopic (exact) mass is 352 g/mol. The zero-order chi connectivity index (χ0) is 18.4. The number of anilines is 1. The van der Waals surface area contributed by atoms with E-state index in [1.807, 2.05) is 66.4 Å². The third kappa shape index (κ3) is 4.63. The Hall–Kier alpha value is -2.82. The normalized spacial score (nSPS) is 14.7. The molecule has 1 heterocycles. The van der Waals surface area contributed by atoms with Crippen molar-refractivity contribution in [3.8, 4) is 11.5 Å². The quantitative estimate of drug-likeness (QED) is 0.882. The second-order valence-electron chi connectivity index (χ2n) is 6.44. The first kappa shape index (κ1) is 18.0. The van der Waals surface area contributed by atoms with Crippen LogP contribution in [0, 0.1) is 5.92 Å². The maximum absolute atomic E-state index is 12.4. The Kier molecular flexibility index (Phi) is 5.89. The van der Waals surface area contributed by atoms with Crippen molar-refractivity contribution in [2.75, 3.05) is 18.4 Å². The number of amides is 2. The Bertz CT molecular complexity index is 736. The topological polar surface area (TPSA) is 58.6 Å². The first-order chi connectivity index (χ1) is 12.7. The van der Waals surface area contributed by atoms with Crippen LogP contribution >= 0.6 is 0 Å². The summed E-state index contributed by atoms with van der Waals surface area (Å²) in [6.45, 7) is 3.19. The van der Waals surface area contributed by atoms with Gasteiger partial charge in [0.25, 0.3) is 0 Å². The molecule has 0 atom stereocenters. The molecule has 2 aromatic carbocycles. The largest absolute Gasteiger partial charge is 0.457 e. The predicted molar refractivity (Wildman–Crippen MR) is 101 cm³/mol. The molecule has 0 aliphatic carbocycles. The zero-order valence-corrected chi connectivity index (χ0v) is 15.0. The number of nitrogens with zero attached hydrogens (tertiary/aromatic N) is 1. The zero-order valence-electron chi connectivity index (χ0n) is 15.0. The lowest BCUT2D eigenvalue weighted by atomic mass is 9.95. The number of piperidine rings is 1. The molecule has 26 heavy (non-hydrogen) atoms. The van der Waals surface area contributed by atoms with Gasteiger partial charge >= 0.3 is 0 Å². The highest BCUT2D eigenvalue weighted by atomic mass is 16.5. The fourth-order valence-electron chi connectivity index (χ4n) is 3.09. The molecule has 2 amide bonds. The van der Waals surface area contributed by atoms with Gasteiger partial charge in [-0.1, -0.05) is 25.1 Å². The first-order valence-corrected chi connectivity index (χ1v) is 9.07. The molecular weight excluding hydrogens is 328 g/mol. The van der Waals surface area contributed by atoms with Crippen LogP contribution in [0.1, 0.15) is 26.2 Å². The van der Waals surface area contributed by atoms with Crippen molar-refractivity contribution in [3.05, 3.63) is 54.6 Å². The van der Waals surface area contributed by atoms with E-state index in [2.05, 4.69) is 5.32 Å². The van der Waals surface area contributed by atoms with Gasteiger partial charge in [0.2, 0.25) is 11.8 Å². The van der Waals surface area contributed by atoms with Crippen molar-refractivity contribution in [1.82, 2.24) is 4.90 Å². The first-order valence-electron chi connectivity index (χ1n) is 9.07. The molecule has 1 aliphatic rings. The SMILES string of the molecule is CCC(=O)N1CCC(C(=O)Nc2ccc(Oc3ccccc3)cc2)CC1. The number of nitrogens with one attached hydrogen (secondary N) is 1. The molecule has 2 aromatic rings. The van der Waals surface area contributed by atoms with Crippen LogP contribution in [0.25, 0.3) is 0 Å². The molecule has 1 N–H and O–H groups in total. The van der Waals surface area contributed by atoms with Crippen LogP contribution < -0.4 is 10.1 Å². The molecule has 5 heteroatoms. The Labute approximate surface area is 154 Å². The van der Waals surface area contributed by atoms with Gasteiger partial charge < -0.3 is 15.0 Å². The molecular formula is C21H24N2O3. The lowest BCUT2D eigenvalue weighted by Gasteiger charge is -2.31. The maximum atomic E-state index is 12.4. The minimum absolute atomic E-state index is 0.0188. The number of carbonyl (C=O) groups is 2. The fourth-order valence-corrected chi connectivity index (χ4v) is 3.09. The highest BCUT2D eigenvalue weighted by Gasteiger charge is 2.26. The van der Waals surface area contributed by atoms with Gasteiger partial charge in [-0.05, 0) is 49.2 Å². The van der Waals surface area contributed by atoms with E-state index in [9.17, 15) is 9.59 Å². The Morgan fingerprint density at radius 1 is 1.00 bits per heavy atom. The van der Waals surface area contributed by atoms with E-state index in [0.29, 0.717) is 32.4 Å². The average molecular weight is 352 g/mol. The van der Waals surface area contributed by atoms with E-state index in [1.54, 1.807) is 0 Å². The second kappa shape index (κ2) is 8.52. The highest BCUT2D eigenvalue weighted by Crippen LogP contribution is 2.24. The minimum Gasteiger partial charge on any atom is -0.457 e. The van der Waals surface area contributed by atoms with Gasteiger partial charge in [-0.25, -0.2) is 0 Å². The van der Waals surface area contributed by atoms with E-state index in [1.165, 1.54) is 0 Å². The van der Waals surface area contributed by atoms with E-state index < -0.39 is 0 Å². The second-order valence-corrected chi connectivity index (χ2v) is 6.44. The van der Waals surface area contributed by atoms with Crippen LogP contribution in [0.5, 0.6) is 11.5 Å². The number of ether oxygens (including phenoxy) is 1. The number of hydrogen-bond donors (Lipinski definition) is 1. The Morgan fingerprint density at radius 2 is 1.62 bits per heavy atom. The third-order valence-corrected chi connectivity index (χ3v) is 4.62. The summed E-state index contributed by atoms with van der Waals surface area (Å²) >= 11 is 0. The number of para-hydroxylation sites is 1.